The number of aromatic nitrogens is 2. The summed E-state index contributed by atoms with van der Waals surface area (Å²) in [7, 11) is 3.41. The Bertz CT molecular complexity index is 1010. The van der Waals surface area contributed by atoms with E-state index in [4.69, 9.17) is 14.2 Å². The summed E-state index contributed by atoms with van der Waals surface area (Å²) in [4.78, 5) is 4.28. The first-order valence-corrected chi connectivity index (χ1v) is 9.77. The Kier molecular flexibility index (Phi) is 6.03. The quantitative estimate of drug-likeness (QED) is 0.463. The number of ether oxygens (including phenoxy) is 3. The number of guanidine groups is 1. The van der Waals surface area contributed by atoms with Crippen LogP contribution in [0.4, 0.5) is 0 Å². The van der Waals surface area contributed by atoms with Crippen molar-refractivity contribution < 1.29 is 14.2 Å². The van der Waals surface area contributed by atoms with Gasteiger partial charge in [0.25, 0.3) is 0 Å². The van der Waals surface area contributed by atoms with Gasteiger partial charge in [-0.2, -0.15) is 5.10 Å². The molecule has 0 amide bonds. The molecule has 0 unspecified atom stereocenters. The van der Waals surface area contributed by atoms with E-state index in [0.29, 0.717) is 13.3 Å². The fraction of sp³-hybridized carbons (Fsp3) is 0.273. The first-order valence-electron chi connectivity index (χ1n) is 9.77. The van der Waals surface area contributed by atoms with Crippen molar-refractivity contribution >= 4 is 5.96 Å². The zero-order chi connectivity index (χ0) is 20.8. The number of fused-ring (bicyclic) bond motifs is 1. The minimum Gasteiger partial charge on any atom is -0.497 e. The Balaban J connectivity index is 1.26. The van der Waals surface area contributed by atoms with E-state index in [1.807, 2.05) is 53.3 Å². The Hall–Kier alpha value is -3.68. The van der Waals surface area contributed by atoms with Crippen LogP contribution in [0.25, 0.3) is 5.69 Å². The van der Waals surface area contributed by atoms with Gasteiger partial charge in [0.15, 0.2) is 17.5 Å². The Morgan fingerprint density at radius 1 is 1.10 bits per heavy atom. The molecule has 30 heavy (non-hydrogen) atoms. The third kappa shape index (κ3) is 4.65. The molecule has 1 aliphatic heterocycles. The maximum absolute atomic E-state index is 5.43. The maximum atomic E-state index is 5.43. The third-order valence-electron chi connectivity index (χ3n) is 4.78. The van der Waals surface area contributed by atoms with Crippen LogP contribution in [0.15, 0.2) is 59.7 Å². The van der Waals surface area contributed by atoms with E-state index in [1.165, 1.54) is 5.56 Å². The van der Waals surface area contributed by atoms with Crippen molar-refractivity contribution in [1.29, 1.82) is 0 Å². The van der Waals surface area contributed by atoms with E-state index < -0.39 is 0 Å². The molecule has 4 rings (SSSR count). The van der Waals surface area contributed by atoms with Crippen LogP contribution in [0.2, 0.25) is 0 Å². The van der Waals surface area contributed by atoms with E-state index in [-0.39, 0.29) is 0 Å². The molecule has 0 saturated heterocycles. The van der Waals surface area contributed by atoms with Crippen molar-refractivity contribution in [1.82, 2.24) is 20.4 Å². The minimum absolute atomic E-state index is 0.293. The van der Waals surface area contributed by atoms with Gasteiger partial charge in [-0.1, -0.05) is 6.07 Å². The molecular formula is C22H25N5O3. The molecule has 2 heterocycles. The van der Waals surface area contributed by atoms with Crippen LogP contribution >= 0.6 is 0 Å². The molecule has 0 spiro atoms. The topological polar surface area (TPSA) is 81.9 Å². The lowest BCUT2D eigenvalue weighted by atomic mass is 10.1. The lowest BCUT2D eigenvalue weighted by molar-refractivity contribution is 0.174. The van der Waals surface area contributed by atoms with Gasteiger partial charge in [-0.05, 0) is 54.4 Å². The lowest BCUT2D eigenvalue weighted by Crippen LogP contribution is -2.37. The molecule has 0 saturated carbocycles. The first kappa shape index (κ1) is 19.6. The van der Waals surface area contributed by atoms with Gasteiger partial charge in [-0.3, -0.25) is 4.99 Å². The summed E-state index contributed by atoms with van der Waals surface area (Å²) in [6.45, 7) is 1.62. The monoisotopic (exact) mass is 407 g/mol. The molecule has 0 bridgehead atoms. The number of methoxy groups -OCH3 is 1. The van der Waals surface area contributed by atoms with Gasteiger partial charge in [0.05, 0.1) is 25.0 Å². The van der Waals surface area contributed by atoms with Crippen molar-refractivity contribution in [3.63, 3.8) is 0 Å². The molecule has 3 aromatic rings. The highest BCUT2D eigenvalue weighted by atomic mass is 16.7. The smallest absolute Gasteiger partial charge is 0.231 e. The Labute approximate surface area is 175 Å². The van der Waals surface area contributed by atoms with E-state index in [0.717, 1.165) is 47.6 Å². The summed E-state index contributed by atoms with van der Waals surface area (Å²) in [5.74, 6) is 3.17. The predicted molar refractivity (Wildman–Crippen MR) is 115 cm³/mol. The average Bonchev–Trinajstić information content (AvgIpc) is 3.45. The molecule has 0 radical (unpaired) electrons. The summed E-state index contributed by atoms with van der Waals surface area (Å²) in [6.07, 6.45) is 2.79. The molecule has 2 N–H and O–H groups in total. The summed E-state index contributed by atoms with van der Waals surface area (Å²) in [6, 6.07) is 15.8. The van der Waals surface area contributed by atoms with E-state index >= 15 is 0 Å². The highest BCUT2D eigenvalue weighted by Gasteiger charge is 2.13. The molecule has 1 aliphatic rings. The van der Waals surface area contributed by atoms with Crippen LogP contribution in [-0.2, 0) is 13.0 Å². The zero-order valence-corrected chi connectivity index (χ0v) is 17.1. The third-order valence-corrected chi connectivity index (χ3v) is 4.78. The van der Waals surface area contributed by atoms with Crippen LogP contribution in [-0.4, -0.2) is 43.2 Å². The predicted octanol–water partition coefficient (Wildman–Crippen LogP) is 2.52. The van der Waals surface area contributed by atoms with Gasteiger partial charge in [0, 0.05) is 19.8 Å². The number of benzene rings is 2. The fourth-order valence-electron chi connectivity index (χ4n) is 3.15. The average molecular weight is 407 g/mol. The molecule has 2 aromatic carbocycles. The number of nitrogens with one attached hydrogen (secondary N) is 2. The molecule has 156 valence electrons. The summed E-state index contributed by atoms with van der Waals surface area (Å²) in [5, 5.41) is 11.2. The zero-order valence-electron chi connectivity index (χ0n) is 17.1. The van der Waals surface area contributed by atoms with Gasteiger partial charge in [0.1, 0.15) is 5.75 Å². The maximum Gasteiger partial charge on any atom is 0.231 e. The number of hydrogen-bond donors (Lipinski definition) is 2. The van der Waals surface area contributed by atoms with Gasteiger partial charge >= 0.3 is 0 Å². The largest absolute Gasteiger partial charge is 0.497 e. The second kappa shape index (κ2) is 9.21. The molecule has 8 heteroatoms. The molecular weight excluding hydrogens is 382 g/mol. The van der Waals surface area contributed by atoms with Crippen molar-refractivity contribution in [2.24, 2.45) is 4.99 Å². The van der Waals surface area contributed by atoms with E-state index in [2.05, 4.69) is 26.8 Å². The van der Waals surface area contributed by atoms with Crippen LogP contribution in [0, 0.1) is 0 Å². The Morgan fingerprint density at radius 3 is 2.73 bits per heavy atom. The highest BCUT2D eigenvalue weighted by Crippen LogP contribution is 2.32. The normalized spacial score (nSPS) is 12.7. The Morgan fingerprint density at radius 2 is 1.93 bits per heavy atom. The van der Waals surface area contributed by atoms with Crippen LogP contribution in [0.5, 0.6) is 17.2 Å². The van der Waals surface area contributed by atoms with Crippen molar-refractivity contribution in [2.75, 3.05) is 27.5 Å². The van der Waals surface area contributed by atoms with Gasteiger partial charge in [-0.15, -0.1) is 0 Å². The summed E-state index contributed by atoms with van der Waals surface area (Å²) >= 11 is 0. The van der Waals surface area contributed by atoms with Crippen molar-refractivity contribution in [3.8, 4) is 22.9 Å². The van der Waals surface area contributed by atoms with Gasteiger partial charge < -0.3 is 24.8 Å². The standard InChI is InChI=1S/C22H25N5O3/c1-23-22(24-11-9-16-3-8-20-21(13-16)30-15-29-20)25-14-17-10-12-27(26-17)18-4-6-19(28-2)7-5-18/h3-8,10,12-13H,9,11,14-15H2,1-2H3,(H2,23,24,25). The number of aliphatic imine (C=N–C) groups is 1. The highest BCUT2D eigenvalue weighted by molar-refractivity contribution is 5.79. The molecule has 1 aromatic heterocycles. The van der Waals surface area contributed by atoms with Crippen LogP contribution in [0.1, 0.15) is 11.3 Å². The van der Waals surface area contributed by atoms with Crippen molar-refractivity contribution in [3.05, 3.63) is 66.0 Å². The lowest BCUT2D eigenvalue weighted by Gasteiger charge is -2.11. The van der Waals surface area contributed by atoms with Crippen LogP contribution in [0.3, 0.4) is 0 Å². The van der Waals surface area contributed by atoms with Crippen LogP contribution < -0.4 is 24.8 Å². The first-order chi connectivity index (χ1) is 14.7. The molecule has 0 fully saturated rings. The molecule has 0 atom stereocenters. The summed E-state index contributed by atoms with van der Waals surface area (Å²) in [5.41, 5.74) is 3.08. The SMILES string of the molecule is CN=C(NCCc1ccc2c(c1)OCO2)NCc1ccn(-c2ccc(OC)cc2)n1. The van der Waals surface area contributed by atoms with E-state index in [9.17, 15) is 0 Å². The fourth-order valence-corrected chi connectivity index (χ4v) is 3.15. The number of hydrogen-bond acceptors (Lipinski definition) is 5. The number of nitrogens with zero attached hydrogens (tertiary/aromatic N) is 3. The molecule has 0 aliphatic carbocycles. The number of rotatable bonds is 7. The summed E-state index contributed by atoms with van der Waals surface area (Å²) < 4.78 is 17.8. The van der Waals surface area contributed by atoms with Gasteiger partial charge in [-0.25, -0.2) is 4.68 Å². The van der Waals surface area contributed by atoms with Crippen molar-refractivity contribution in [2.45, 2.75) is 13.0 Å². The second-order valence-electron chi connectivity index (χ2n) is 6.74. The van der Waals surface area contributed by atoms with E-state index in [1.54, 1.807) is 14.2 Å². The minimum atomic E-state index is 0.293. The van der Waals surface area contributed by atoms with Gasteiger partial charge in [0.2, 0.25) is 6.79 Å². The second-order valence-corrected chi connectivity index (χ2v) is 6.74. The molecule has 8 nitrogen and oxygen atoms in total.